The lowest BCUT2D eigenvalue weighted by Gasteiger charge is -2.68. The van der Waals surface area contributed by atoms with Crippen LogP contribution in [-0.4, -0.2) is 5.11 Å². The van der Waals surface area contributed by atoms with Gasteiger partial charge in [-0.25, -0.2) is 0 Å². The molecule has 3 saturated carbocycles. The molecule has 4 rings (SSSR count). The maximum Gasteiger partial charge on any atom is 0.0980 e. The Morgan fingerprint density at radius 2 is 1.79 bits per heavy atom. The van der Waals surface area contributed by atoms with E-state index in [0.717, 1.165) is 12.0 Å². The summed E-state index contributed by atoms with van der Waals surface area (Å²) >= 11 is 0. The van der Waals surface area contributed by atoms with E-state index in [0.29, 0.717) is 11.8 Å². The first-order chi connectivity index (χ1) is 8.79. The van der Waals surface area contributed by atoms with Crippen molar-refractivity contribution in [3.05, 3.63) is 35.9 Å². The summed E-state index contributed by atoms with van der Waals surface area (Å²) in [5.74, 6) is 1.05. The predicted octanol–water partition coefficient (Wildman–Crippen LogP) is 4.36. The fraction of sp³-hybridized carbons (Fsp3) is 0.667. The van der Waals surface area contributed by atoms with Crippen molar-refractivity contribution >= 4 is 0 Å². The summed E-state index contributed by atoms with van der Waals surface area (Å²) in [6.07, 6.45) is 3.59. The van der Waals surface area contributed by atoms with Gasteiger partial charge in [0, 0.05) is 5.41 Å². The van der Waals surface area contributed by atoms with Crippen molar-refractivity contribution in [1.29, 1.82) is 0 Å². The molecule has 1 aromatic rings. The highest BCUT2D eigenvalue weighted by Gasteiger charge is 2.68. The van der Waals surface area contributed by atoms with Gasteiger partial charge in [0.2, 0.25) is 0 Å². The summed E-state index contributed by atoms with van der Waals surface area (Å²) < 4.78 is 0. The molecule has 3 aliphatic carbocycles. The molecule has 0 amide bonds. The SMILES string of the molecule is CC(C)(C)[C@@H]1CC[C@]2(C)C[C@@H]1[C@@]2(O)c1ccccc1. The second-order valence-corrected chi connectivity index (χ2v) is 8.01. The highest BCUT2D eigenvalue weighted by atomic mass is 16.3. The highest BCUT2D eigenvalue weighted by Crippen LogP contribution is 2.70. The van der Waals surface area contributed by atoms with E-state index in [1.54, 1.807) is 0 Å². The van der Waals surface area contributed by atoms with Crippen molar-refractivity contribution in [2.45, 2.75) is 52.6 Å². The van der Waals surface area contributed by atoms with Crippen LogP contribution in [0.1, 0.15) is 52.5 Å². The first-order valence-electron chi connectivity index (χ1n) is 7.57. The average Bonchev–Trinajstić information content (AvgIpc) is 2.37. The molecule has 0 spiro atoms. The van der Waals surface area contributed by atoms with E-state index in [4.69, 9.17) is 0 Å². The second kappa shape index (κ2) is 3.85. The lowest BCUT2D eigenvalue weighted by Crippen LogP contribution is -2.67. The molecule has 3 aliphatic rings. The van der Waals surface area contributed by atoms with Gasteiger partial charge in [-0.15, -0.1) is 0 Å². The topological polar surface area (TPSA) is 20.2 Å². The van der Waals surface area contributed by atoms with Crippen LogP contribution in [0.2, 0.25) is 0 Å². The Hall–Kier alpha value is -0.820. The molecule has 0 saturated heterocycles. The van der Waals surface area contributed by atoms with Crippen LogP contribution < -0.4 is 0 Å². The lowest BCUT2D eigenvalue weighted by atomic mass is 9.38. The van der Waals surface area contributed by atoms with E-state index in [2.05, 4.69) is 52.0 Å². The second-order valence-electron chi connectivity index (χ2n) is 8.01. The van der Waals surface area contributed by atoms with Gasteiger partial charge < -0.3 is 5.11 Å². The van der Waals surface area contributed by atoms with Crippen molar-refractivity contribution in [2.75, 3.05) is 0 Å². The fourth-order valence-electron chi connectivity index (χ4n) is 4.80. The van der Waals surface area contributed by atoms with Crippen LogP contribution in [0.4, 0.5) is 0 Å². The van der Waals surface area contributed by atoms with Crippen molar-refractivity contribution in [3.63, 3.8) is 0 Å². The van der Waals surface area contributed by atoms with Gasteiger partial charge in [-0.1, -0.05) is 58.0 Å². The molecule has 4 atom stereocenters. The molecule has 1 heteroatoms. The number of rotatable bonds is 1. The Morgan fingerprint density at radius 3 is 2.32 bits per heavy atom. The molecule has 1 nitrogen and oxygen atoms in total. The van der Waals surface area contributed by atoms with E-state index in [1.165, 1.54) is 12.8 Å². The van der Waals surface area contributed by atoms with Gasteiger partial charge in [0.25, 0.3) is 0 Å². The van der Waals surface area contributed by atoms with Gasteiger partial charge in [0.15, 0.2) is 0 Å². The van der Waals surface area contributed by atoms with Crippen molar-refractivity contribution < 1.29 is 5.11 Å². The van der Waals surface area contributed by atoms with E-state index < -0.39 is 5.60 Å². The average molecular weight is 258 g/mol. The summed E-state index contributed by atoms with van der Waals surface area (Å²) in [6.45, 7) is 9.24. The molecule has 0 radical (unpaired) electrons. The van der Waals surface area contributed by atoms with Crippen molar-refractivity contribution in [1.82, 2.24) is 0 Å². The first-order valence-corrected chi connectivity index (χ1v) is 7.57. The van der Waals surface area contributed by atoms with Crippen LogP contribution in [0.5, 0.6) is 0 Å². The molecule has 1 aromatic carbocycles. The van der Waals surface area contributed by atoms with Crippen LogP contribution in [0.25, 0.3) is 0 Å². The van der Waals surface area contributed by atoms with Crippen LogP contribution in [0.3, 0.4) is 0 Å². The normalized spacial score (nSPS) is 41.7. The highest BCUT2D eigenvalue weighted by molar-refractivity contribution is 5.33. The third-order valence-corrected chi connectivity index (χ3v) is 5.95. The summed E-state index contributed by atoms with van der Waals surface area (Å²) in [4.78, 5) is 0. The number of hydrogen-bond acceptors (Lipinski definition) is 1. The molecule has 1 N–H and O–H groups in total. The molecular formula is C18H26O. The van der Waals surface area contributed by atoms with E-state index in [1.807, 2.05) is 6.07 Å². The van der Waals surface area contributed by atoms with Crippen molar-refractivity contribution in [2.24, 2.45) is 22.7 Å². The van der Waals surface area contributed by atoms with Crippen LogP contribution in [0, 0.1) is 22.7 Å². The minimum Gasteiger partial charge on any atom is -0.384 e. The molecule has 19 heavy (non-hydrogen) atoms. The Kier molecular flexibility index (Phi) is 2.67. The summed E-state index contributed by atoms with van der Waals surface area (Å²) in [5.41, 5.74) is 0.892. The number of benzene rings is 1. The zero-order valence-electron chi connectivity index (χ0n) is 12.6. The molecule has 0 aliphatic heterocycles. The Labute approximate surface area is 117 Å². The minimum atomic E-state index is -0.607. The summed E-state index contributed by atoms with van der Waals surface area (Å²) in [7, 11) is 0. The van der Waals surface area contributed by atoms with Gasteiger partial charge >= 0.3 is 0 Å². The molecular weight excluding hydrogens is 232 g/mol. The molecule has 104 valence electrons. The van der Waals surface area contributed by atoms with Gasteiger partial charge in [0.05, 0.1) is 5.60 Å². The monoisotopic (exact) mass is 258 g/mol. The van der Waals surface area contributed by atoms with E-state index in [9.17, 15) is 5.11 Å². The number of hydrogen-bond donors (Lipinski definition) is 1. The van der Waals surface area contributed by atoms with Crippen LogP contribution in [-0.2, 0) is 5.60 Å². The van der Waals surface area contributed by atoms with Crippen molar-refractivity contribution in [3.8, 4) is 0 Å². The third-order valence-electron chi connectivity index (χ3n) is 5.95. The Balaban J connectivity index is 2.02. The maximum atomic E-state index is 11.5. The van der Waals surface area contributed by atoms with E-state index >= 15 is 0 Å². The maximum absolute atomic E-state index is 11.5. The Morgan fingerprint density at radius 1 is 1.16 bits per heavy atom. The fourth-order valence-corrected chi connectivity index (χ4v) is 4.80. The first kappa shape index (κ1) is 13.2. The van der Waals surface area contributed by atoms with E-state index in [-0.39, 0.29) is 10.8 Å². The molecule has 0 aromatic heterocycles. The van der Waals surface area contributed by atoms with Gasteiger partial charge in [-0.05, 0) is 42.1 Å². The zero-order valence-corrected chi connectivity index (χ0v) is 12.6. The quantitative estimate of drug-likeness (QED) is 0.793. The third kappa shape index (κ3) is 1.64. The smallest absolute Gasteiger partial charge is 0.0980 e. The van der Waals surface area contributed by atoms with Crippen LogP contribution in [0.15, 0.2) is 30.3 Å². The predicted molar refractivity (Wildman–Crippen MR) is 78.7 cm³/mol. The van der Waals surface area contributed by atoms with Gasteiger partial charge in [0.1, 0.15) is 0 Å². The Bertz CT molecular complexity index is 468. The van der Waals surface area contributed by atoms with Gasteiger partial charge in [-0.3, -0.25) is 0 Å². The largest absolute Gasteiger partial charge is 0.384 e. The van der Waals surface area contributed by atoms with Crippen LogP contribution >= 0.6 is 0 Å². The summed E-state index contributed by atoms with van der Waals surface area (Å²) in [5, 5.41) is 11.5. The number of aliphatic hydroxyl groups is 1. The molecule has 0 unspecified atom stereocenters. The number of fused-ring (bicyclic) bond motifs is 2. The molecule has 0 heterocycles. The lowest BCUT2D eigenvalue weighted by molar-refractivity contribution is -0.277. The zero-order chi connectivity index (χ0) is 13.9. The van der Waals surface area contributed by atoms with Gasteiger partial charge in [-0.2, -0.15) is 0 Å². The standard InChI is InChI=1S/C18H26O/c1-16(2,3)14-10-11-17(4)12-15(14)18(17,19)13-8-6-5-7-9-13/h5-9,14-15,19H,10-12H2,1-4H3/t14-,15+,17-,18+/m1/s1. The summed E-state index contributed by atoms with van der Waals surface area (Å²) in [6, 6.07) is 10.4. The molecule has 3 fully saturated rings. The minimum absolute atomic E-state index is 0.0841. The molecule has 2 bridgehead atoms.